The van der Waals surface area contributed by atoms with E-state index in [1.54, 1.807) is 6.33 Å². The van der Waals surface area contributed by atoms with Gasteiger partial charge in [-0.1, -0.05) is 12.1 Å². The molecular weight excluding hydrogens is 214 g/mol. The van der Waals surface area contributed by atoms with Crippen molar-refractivity contribution in [3.8, 4) is 0 Å². The predicted molar refractivity (Wildman–Crippen MR) is 67.0 cm³/mol. The van der Waals surface area contributed by atoms with Gasteiger partial charge in [0, 0.05) is 18.0 Å². The van der Waals surface area contributed by atoms with E-state index in [-0.39, 0.29) is 6.61 Å². The molecular formula is C13H15N3O. The van der Waals surface area contributed by atoms with Crippen LogP contribution in [0.2, 0.25) is 0 Å². The molecule has 1 aromatic heterocycles. The second-order valence-electron chi connectivity index (χ2n) is 4.36. The minimum atomic E-state index is 0.162. The largest absolute Gasteiger partial charge is 0.395 e. The average molecular weight is 229 g/mol. The Kier molecular flexibility index (Phi) is 2.65. The number of hydrogen-bond acceptors (Lipinski definition) is 4. The second-order valence-corrected chi connectivity index (χ2v) is 4.36. The molecule has 0 amide bonds. The highest BCUT2D eigenvalue weighted by atomic mass is 16.3. The molecule has 4 nitrogen and oxygen atoms in total. The van der Waals surface area contributed by atoms with E-state index in [2.05, 4.69) is 14.9 Å². The molecule has 0 unspecified atom stereocenters. The maximum atomic E-state index is 9.16. The molecule has 3 rings (SSSR count). The standard InChI is InChI=1S/C13H15N3O/c17-8-7-16(10-5-6-10)13-11-3-1-2-4-12(11)14-9-15-13/h1-4,9-10,17H,5-8H2. The number of aliphatic hydroxyl groups is 1. The SMILES string of the molecule is OCCN(c1ncnc2ccccc12)C1CC1. The van der Waals surface area contributed by atoms with Crippen LogP contribution in [0.1, 0.15) is 12.8 Å². The molecule has 2 aromatic rings. The van der Waals surface area contributed by atoms with E-state index in [1.807, 2.05) is 24.3 Å². The highest BCUT2D eigenvalue weighted by molar-refractivity contribution is 5.89. The molecule has 0 radical (unpaired) electrons. The predicted octanol–water partition coefficient (Wildman–Crippen LogP) is 1.59. The summed E-state index contributed by atoms with van der Waals surface area (Å²) in [4.78, 5) is 10.9. The molecule has 1 N–H and O–H groups in total. The van der Waals surface area contributed by atoms with Gasteiger partial charge in [-0.2, -0.15) is 0 Å². The summed E-state index contributed by atoms with van der Waals surface area (Å²) in [5.41, 5.74) is 0.959. The third-order valence-electron chi connectivity index (χ3n) is 3.12. The number of benzene rings is 1. The Morgan fingerprint density at radius 1 is 1.24 bits per heavy atom. The van der Waals surface area contributed by atoms with E-state index in [1.165, 1.54) is 12.8 Å². The normalized spacial score (nSPS) is 15.1. The van der Waals surface area contributed by atoms with Crippen molar-refractivity contribution in [3.63, 3.8) is 0 Å². The molecule has 4 heteroatoms. The van der Waals surface area contributed by atoms with Gasteiger partial charge in [0.1, 0.15) is 12.1 Å². The van der Waals surface area contributed by atoms with E-state index in [0.717, 1.165) is 16.7 Å². The van der Waals surface area contributed by atoms with E-state index in [9.17, 15) is 0 Å². The van der Waals surface area contributed by atoms with Crippen LogP contribution in [0, 0.1) is 0 Å². The molecule has 1 aliphatic carbocycles. The summed E-state index contributed by atoms with van der Waals surface area (Å²) in [5.74, 6) is 0.951. The van der Waals surface area contributed by atoms with Gasteiger partial charge in [0.2, 0.25) is 0 Å². The number of anilines is 1. The molecule has 1 fully saturated rings. The molecule has 1 aliphatic rings. The van der Waals surface area contributed by atoms with Gasteiger partial charge in [-0.25, -0.2) is 9.97 Å². The first kappa shape index (κ1) is 10.5. The molecule has 0 saturated heterocycles. The number of rotatable bonds is 4. The minimum absolute atomic E-state index is 0.162. The Morgan fingerprint density at radius 2 is 2.06 bits per heavy atom. The Morgan fingerprint density at radius 3 is 2.82 bits per heavy atom. The van der Waals surface area contributed by atoms with Crippen molar-refractivity contribution < 1.29 is 5.11 Å². The molecule has 0 bridgehead atoms. The summed E-state index contributed by atoms with van der Waals surface area (Å²) in [7, 11) is 0. The van der Waals surface area contributed by atoms with Crippen LogP contribution in [0.15, 0.2) is 30.6 Å². The van der Waals surface area contributed by atoms with Gasteiger partial charge in [-0.3, -0.25) is 0 Å². The monoisotopic (exact) mass is 229 g/mol. The Bertz CT molecular complexity index is 520. The first-order chi connectivity index (χ1) is 8.40. The Hall–Kier alpha value is -1.68. The van der Waals surface area contributed by atoms with Gasteiger partial charge in [0.25, 0.3) is 0 Å². The van der Waals surface area contributed by atoms with Crippen molar-refractivity contribution in [3.05, 3.63) is 30.6 Å². The Balaban J connectivity index is 2.08. The van der Waals surface area contributed by atoms with Gasteiger partial charge < -0.3 is 10.0 Å². The lowest BCUT2D eigenvalue weighted by molar-refractivity contribution is 0.301. The summed E-state index contributed by atoms with van der Waals surface area (Å²) >= 11 is 0. The lowest BCUT2D eigenvalue weighted by Gasteiger charge is -2.23. The smallest absolute Gasteiger partial charge is 0.140 e. The molecule has 88 valence electrons. The van der Waals surface area contributed by atoms with Crippen molar-refractivity contribution in [2.75, 3.05) is 18.1 Å². The zero-order chi connectivity index (χ0) is 11.7. The van der Waals surface area contributed by atoms with E-state index in [0.29, 0.717) is 12.6 Å². The first-order valence-corrected chi connectivity index (χ1v) is 5.97. The van der Waals surface area contributed by atoms with Crippen LogP contribution in [0.25, 0.3) is 10.9 Å². The van der Waals surface area contributed by atoms with E-state index >= 15 is 0 Å². The maximum absolute atomic E-state index is 9.16. The van der Waals surface area contributed by atoms with Crippen LogP contribution in [0.3, 0.4) is 0 Å². The van der Waals surface area contributed by atoms with Gasteiger partial charge in [0.15, 0.2) is 0 Å². The fraction of sp³-hybridized carbons (Fsp3) is 0.385. The molecule has 1 saturated carbocycles. The van der Waals surface area contributed by atoms with Crippen molar-refractivity contribution in [2.24, 2.45) is 0 Å². The maximum Gasteiger partial charge on any atom is 0.140 e. The van der Waals surface area contributed by atoms with Gasteiger partial charge >= 0.3 is 0 Å². The fourth-order valence-corrected chi connectivity index (χ4v) is 2.17. The quantitative estimate of drug-likeness (QED) is 0.865. The van der Waals surface area contributed by atoms with Crippen LogP contribution >= 0.6 is 0 Å². The number of hydrogen-bond donors (Lipinski definition) is 1. The highest BCUT2D eigenvalue weighted by Gasteiger charge is 2.30. The lowest BCUT2D eigenvalue weighted by atomic mass is 10.2. The second kappa shape index (κ2) is 4.30. The summed E-state index contributed by atoms with van der Waals surface area (Å²) in [6.45, 7) is 0.806. The molecule has 0 atom stereocenters. The zero-order valence-corrected chi connectivity index (χ0v) is 9.58. The number of aliphatic hydroxyl groups excluding tert-OH is 1. The van der Waals surface area contributed by atoms with Gasteiger partial charge in [-0.15, -0.1) is 0 Å². The summed E-state index contributed by atoms with van der Waals surface area (Å²) in [6.07, 6.45) is 3.99. The van der Waals surface area contributed by atoms with E-state index < -0.39 is 0 Å². The van der Waals surface area contributed by atoms with E-state index in [4.69, 9.17) is 5.11 Å². The van der Waals surface area contributed by atoms with Crippen molar-refractivity contribution in [1.29, 1.82) is 0 Å². The summed E-state index contributed by atoms with van der Waals surface area (Å²) in [6, 6.07) is 8.55. The zero-order valence-electron chi connectivity index (χ0n) is 9.58. The van der Waals surface area contributed by atoms with Crippen LogP contribution in [-0.4, -0.2) is 34.3 Å². The van der Waals surface area contributed by atoms with Gasteiger partial charge in [0.05, 0.1) is 12.1 Å². The molecule has 1 heterocycles. The molecule has 0 spiro atoms. The van der Waals surface area contributed by atoms with Crippen LogP contribution < -0.4 is 4.90 Å². The third kappa shape index (κ3) is 1.96. The summed E-state index contributed by atoms with van der Waals surface area (Å²) in [5, 5.41) is 10.2. The fourth-order valence-electron chi connectivity index (χ4n) is 2.17. The van der Waals surface area contributed by atoms with Crippen molar-refractivity contribution >= 4 is 16.7 Å². The van der Waals surface area contributed by atoms with Crippen molar-refractivity contribution in [2.45, 2.75) is 18.9 Å². The Labute approximate surface area is 99.9 Å². The molecule has 17 heavy (non-hydrogen) atoms. The average Bonchev–Trinajstić information content (AvgIpc) is 3.20. The lowest BCUT2D eigenvalue weighted by Crippen LogP contribution is -2.29. The minimum Gasteiger partial charge on any atom is -0.395 e. The molecule has 1 aromatic carbocycles. The first-order valence-electron chi connectivity index (χ1n) is 5.97. The summed E-state index contributed by atoms with van der Waals surface area (Å²) < 4.78 is 0. The van der Waals surface area contributed by atoms with Crippen LogP contribution in [0.5, 0.6) is 0 Å². The van der Waals surface area contributed by atoms with Gasteiger partial charge in [-0.05, 0) is 25.0 Å². The number of para-hydroxylation sites is 1. The third-order valence-corrected chi connectivity index (χ3v) is 3.12. The van der Waals surface area contributed by atoms with Crippen LogP contribution in [-0.2, 0) is 0 Å². The van der Waals surface area contributed by atoms with Crippen molar-refractivity contribution in [1.82, 2.24) is 9.97 Å². The number of fused-ring (bicyclic) bond motifs is 1. The number of nitrogens with zero attached hydrogens (tertiary/aromatic N) is 3. The number of aromatic nitrogens is 2. The highest BCUT2D eigenvalue weighted by Crippen LogP contribution is 2.33. The molecule has 0 aliphatic heterocycles. The van der Waals surface area contributed by atoms with Crippen LogP contribution in [0.4, 0.5) is 5.82 Å². The topological polar surface area (TPSA) is 49.2 Å².